The molecule has 0 aliphatic carbocycles. The van der Waals surface area contributed by atoms with Crippen LogP contribution in [0.15, 0.2) is 54.4 Å². The van der Waals surface area contributed by atoms with Crippen LogP contribution in [0.25, 0.3) is 34.2 Å². The second kappa shape index (κ2) is 6.89. The highest BCUT2D eigenvalue weighted by molar-refractivity contribution is 8.28. The molecule has 2 aliphatic heterocycles. The fourth-order valence-electron chi connectivity index (χ4n) is 2.54. The Morgan fingerprint density at radius 1 is 0.640 bits per heavy atom. The van der Waals surface area contributed by atoms with Gasteiger partial charge in [0.15, 0.2) is 0 Å². The van der Waals surface area contributed by atoms with Gasteiger partial charge in [0, 0.05) is 0 Å². The summed E-state index contributed by atoms with van der Waals surface area (Å²) in [7, 11) is 0. The number of thiophene rings is 1. The Morgan fingerprint density at radius 2 is 1.08 bits per heavy atom. The van der Waals surface area contributed by atoms with Gasteiger partial charge in [-0.2, -0.15) is 0 Å². The van der Waals surface area contributed by atoms with Crippen LogP contribution >= 0.6 is 58.4 Å². The van der Waals surface area contributed by atoms with Gasteiger partial charge in [0.05, 0.1) is 29.3 Å². The highest BCUT2D eigenvalue weighted by Crippen LogP contribution is 2.44. The van der Waals surface area contributed by atoms with Gasteiger partial charge in [-0.15, -0.1) is 11.3 Å². The molecule has 0 amide bonds. The molecule has 3 aromatic rings. The first kappa shape index (κ1) is 16.1. The summed E-state index contributed by atoms with van der Waals surface area (Å²) in [4.78, 5) is 12.2. The summed E-state index contributed by atoms with van der Waals surface area (Å²) in [5.74, 6) is 0. The largest absolute Gasteiger partial charge is 0.243 e. The van der Waals surface area contributed by atoms with Crippen LogP contribution in [0.3, 0.4) is 0 Å². The molecule has 0 bridgehead atoms. The quantitative estimate of drug-likeness (QED) is 0.435. The van der Waals surface area contributed by atoms with E-state index in [2.05, 4.69) is 33.8 Å². The predicted octanol–water partition coefficient (Wildman–Crippen LogP) is 7.34. The molecular weight excluding hydrogens is 405 g/mol. The van der Waals surface area contributed by atoms with Crippen LogP contribution in [0.5, 0.6) is 0 Å². The number of benzene rings is 1. The van der Waals surface area contributed by atoms with Crippen molar-refractivity contribution in [2.75, 3.05) is 0 Å². The van der Waals surface area contributed by atoms with E-state index in [9.17, 15) is 0 Å². The van der Waals surface area contributed by atoms with E-state index in [1.165, 1.54) is 18.2 Å². The molecule has 1 aromatic carbocycles. The van der Waals surface area contributed by atoms with E-state index in [0.29, 0.717) is 0 Å². The maximum absolute atomic E-state index is 4.92. The minimum atomic E-state index is 0.947. The second-order valence-corrected chi connectivity index (χ2v) is 10.6. The molecule has 0 fully saturated rings. The van der Waals surface area contributed by atoms with Gasteiger partial charge in [-0.3, -0.25) is 0 Å². The van der Waals surface area contributed by atoms with E-state index in [1.54, 1.807) is 58.4 Å². The normalized spacial score (nSPS) is 16.5. The fourth-order valence-corrected chi connectivity index (χ4v) is 7.19. The summed E-state index contributed by atoms with van der Waals surface area (Å²) in [5, 5.41) is 8.48. The first-order chi connectivity index (χ1) is 12.4. The van der Waals surface area contributed by atoms with Crippen molar-refractivity contribution in [2.45, 2.75) is 0 Å². The van der Waals surface area contributed by atoms with E-state index < -0.39 is 0 Å². The van der Waals surface area contributed by atoms with E-state index >= 15 is 0 Å². The first-order valence-electron chi connectivity index (χ1n) is 7.46. The Morgan fingerprint density at radius 3 is 1.52 bits per heavy atom. The molecule has 2 nitrogen and oxygen atoms in total. The van der Waals surface area contributed by atoms with Crippen molar-refractivity contribution < 1.29 is 0 Å². The van der Waals surface area contributed by atoms with E-state index in [-0.39, 0.29) is 0 Å². The smallest absolute Gasteiger partial charge is 0.108 e. The molecule has 0 saturated heterocycles. The predicted molar refractivity (Wildman–Crippen MR) is 120 cm³/mol. The standard InChI is InChI=1S/C18H10N2S5/c1-2-4-12-11(3-1)19-17-13(9-15-21-5-6-22-15)25-14(18(17)20-12)10-16-23-7-8-24-16/h1-10H. The highest BCUT2D eigenvalue weighted by atomic mass is 32.2. The van der Waals surface area contributed by atoms with E-state index in [0.717, 1.165) is 22.1 Å². The number of thioether (sulfide) groups is 4. The number of hydrogen-bond donors (Lipinski definition) is 0. The van der Waals surface area contributed by atoms with Gasteiger partial charge in [-0.1, -0.05) is 59.2 Å². The lowest BCUT2D eigenvalue weighted by molar-refractivity contribution is 1.41. The molecule has 7 heteroatoms. The lowest BCUT2D eigenvalue weighted by Gasteiger charge is -1.99. The average molecular weight is 415 g/mol. The van der Waals surface area contributed by atoms with E-state index in [4.69, 9.17) is 9.97 Å². The molecular formula is C18H10N2S5. The second-order valence-electron chi connectivity index (χ2n) is 5.18. The summed E-state index contributed by atoms with van der Waals surface area (Å²) in [5.41, 5.74) is 3.89. The average Bonchev–Trinajstić information content (AvgIpc) is 3.38. The Labute approximate surface area is 166 Å². The van der Waals surface area contributed by atoms with Crippen molar-refractivity contribution in [2.24, 2.45) is 0 Å². The van der Waals surface area contributed by atoms with Gasteiger partial charge in [-0.25, -0.2) is 9.97 Å². The van der Waals surface area contributed by atoms with Crippen molar-refractivity contribution in [3.8, 4) is 0 Å². The van der Waals surface area contributed by atoms with Gasteiger partial charge >= 0.3 is 0 Å². The van der Waals surface area contributed by atoms with Crippen molar-refractivity contribution in [3.63, 3.8) is 0 Å². The number of nitrogens with zero attached hydrogens (tertiary/aromatic N) is 2. The molecule has 0 atom stereocenters. The minimum Gasteiger partial charge on any atom is -0.243 e. The molecule has 0 saturated carbocycles. The Hall–Kier alpha value is -1.12. The summed E-state index contributed by atoms with van der Waals surface area (Å²) in [6.07, 6.45) is 4.47. The number of para-hydroxylation sites is 2. The van der Waals surface area contributed by atoms with Crippen molar-refractivity contribution in [3.05, 3.63) is 64.1 Å². The SMILES string of the molecule is C1=CSC(=Cc2sc(C=C3SC=CS3)c3nc4ccccc4nc23)S1. The highest BCUT2D eigenvalue weighted by Gasteiger charge is 2.16. The van der Waals surface area contributed by atoms with Crippen LogP contribution in [0.1, 0.15) is 9.75 Å². The Kier molecular flexibility index (Phi) is 4.43. The van der Waals surface area contributed by atoms with Crippen molar-refractivity contribution in [1.82, 2.24) is 9.97 Å². The first-order valence-corrected chi connectivity index (χ1v) is 11.8. The molecule has 122 valence electrons. The number of aromatic nitrogens is 2. The van der Waals surface area contributed by atoms with Gasteiger partial charge in [0.25, 0.3) is 0 Å². The van der Waals surface area contributed by atoms with Crippen LogP contribution in [-0.4, -0.2) is 9.97 Å². The molecule has 0 radical (unpaired) electrons. The van der Waals surface area contributed by atoms with Crippen LogP contribution in [0.2, 0.25) is 0 Å². The molecule has 0 N–H and O–H groups in total. The van der Waals surface area contributed by atoms with Gasteiger partial charge in [0.2, 0.25) is 0 Å². The molecule has 0 spiro atoms. The van der Waals surface area contributed by atoms with Gasteiger partial charge in [0.1, 0.15) is 11.0 Å². The third kappa shape index (κ3) is 3.19. The lowest BCUT2D eigenvalue weighted by Crippen LogP contribution is -1.86. The van der Waals surface area contributed by atoms with Crippen LogP contribution in [-0.2, 0) is 0 Å². The summed E-state index contributed by atoms with van der Waals surface area (Å²) >= 11 is 8.81. The third-order valence-corrected chi connectivity index (χ3v) is 8.65. The van der Waals surface area contributed by atoms with Crippen LogP contribution < -0.4 is 0 Å². The molecule has 2 aromatic heterocycles. The zero-order valence-electron chi connectivity index (χ0n) is 12.7. The van der Waals surface area contributed by atoms with Gasteiger partial charge < -0.3 is 0 Å². The topological polar surface area (TPSA) is 25.8 Å². The monoisotopic (exact) mass is 414 g/mol. The molecule has 4 heterocycles. The van der Waals surface area contributed by atoms with Crippen LogP contribution in [0.4, 0.5) is 0 Å². The fraction of sp³-hybridized carbons (Fsp3) is 0. The zero-order valence-corrected chi connectivity index (χ0v) is 16.8. The summed E-state index contributed by atoms with van der Waals surface area (Å²) in [6.45, 7) is 0. The lowest BCUT2D eigenvalue weighted by atomic mass is 10.2. The molecule has 25 heavy (non-hydrogen) atoms. The Balaban J connectivity index is 1.73. The molecule has 2 aliphatic rings. The number of rotatable bonds is 2. The zero-order chi connectivity index (χ0) is 16.6. The number of fused-ring (bicyclic) bond motifs is 2. The molecule has 5 rings (SSSR count). The maximum Gasteiger partial charge on any atom is 0.108 e. The number of hydrogen-bond acceptors (Lipinski definition) is 7. The minimum absolute atomic E-state index is 0.947. The Bertz CT molecular complexity index is 1000. The summed E-state index contributed by atoms with van der Waals surface area (Å²) in [6, 6.07) is 8.09. The molecule has 0 unspecified atom stereocenters. The summed E-state index contributed by atoms with van der Waals surface area (Å²) < 4.78 is 2.56. The van der Waals surface area contributed by atoms with Crippen molar-refractivity contribution >= 4 is 92.6 Å². The van der Waals surface area contributed by atoms with E-state index in [1.807, 2.05) is 24.3 Å². The third-order valence-electron chi connectivity index (χ3n) is 3.60. The van der Waals surface area contributed by atoms with Crippen LogP contribution in [0, 0.1) is 0 Å². The maximum atomic E-state index is 4.92. The van der Waals surface area contributed by atoms with Gasteiger partial charge in [-0.05, 0) is 45.9 Å². The van der Waals surface area contributed by atoms with Crippen molar-refractivity contribution in [1.29, 1.82) is 0 Å².